The smallest absolute Gasteiger partial charge is 0.243 e. The van der Waals surface area contributed by atoms with Crippen molar-refractivity contribution in [3.63, 3.8) is 0 Å². The van der Waals surface area contributed by atoms with E-state index in [2.05, 4.69) is 5.32 Å². The molecule has 2 amide bonds. The average Bonchev–Trinajstić information content (AvgIpc) is 2.90. The molecular formula is C31H36N2O4. The molecule has 1 aliphatic heterocycles. The Labute approximate surface area is 219 Å². The van der Waals surface area contributed by atoms with Gasteiger partial charge in [-0.2, -0.15) is 0 Å². The van der Waals surface area contributed by atoms with Crippen LogP contribution in [0, 0.1) is 6.92 Å². The van der Waals surface area contributed by atoms with Gasteiger partial charge in [-0.1, -0.05) is 60.7 Å². The lowest BCUT2D eigenvalue weighted by atomic mass is 10.00. The Morgan fingerprint density at radius 1 is 0.892 bits per heavy atom. The molecule has 0 aliphatic carbocycles. The van der Waals surface area contributed by atoms with Crippen molar-refractivity contribution < 1.29 is 19.1 Å². The van der Waals surface area contributed by atoms with Crippen LogP contribution in [0.2, 0.25) is 0 Å². The molecule has 4 rings (SSSR count). The van der Waals surface area contributed by atoms with Crippen LogP contribution in [0.25, 0.3) is 0 Å². The van der Waals surface area contributed by atoms with Crippen LogP contribution in [-0.2, 0) is 29.0 Å². The molecule has 37 heavy (non-hydrogen) atoms. The predicted octanol–water partition coefficient (Wildman–Crippen LogP) is 4.86. The van der Waals surface area contributed by atoms with Crippen LogP contribution in [-0.4, -0.2) is 42.0 Å². The van der Waals surface area contributed by atoms with Gasteiger partial charge in [-0.15, -0.1) is 0 Å². The van der Waals surface area contributed by atoms with E-state index in [1.807, 2.05) is 93.6 Å². The summed E-state index contributed by atoms with van der Waals surface area (Å²) in [6, 6.07) is 23.1. The standard InChI is InChI=1S/C31H36N2O4/c1-22(2)32-31(35)27(19-24-10-5-4-6-11-24)33(21-26-12-8-7-9-23(26)3)30(34)16-14-25-13-15-28-29(20-25)37-18-17-36-28/h4-13,15,20,22,27H,14,16-19,21H2,1-3H3,(H,32,35)/t27-/m1/s1. The lowest BCUT2D eigenvalue weighted by Crippen LogP contribution is -2.51. The first-order valence-corrected chi connectivity index (χ1v) is 13.0. The maximum Gasteiger partial charge on any atom is 0.243 e. The highest BCUT2D eigenvalue weighted by atomic mass is 16.6. The summed E-state index contributed by atoms with van der Waals surface area (Å²) in [7, 11) is 0. The Morgan fingerprint density at radius 3 is 2.32 bits per heavy atom. The highest BCUT2D eigenvalue weighted by Gasteiger charge is 2.31. The zero-order chi connectivity index (χ0) is 26.2. The van der Waals surface area contributed by atoms with Crippen molar-refractivity contribution in [1.29, 1.82) is 0 Å². The topological polar surface area (TPSA) is 67.9 Å². The molecule has 6 heteroatoms. The third kappa shape index (κ3) is 7.13. The second kappa shape index (κ2) is 12.4. The van der Waals surface area contributed by atoms with Gasteiger partial charge in [0.1, 0.15) is 19.3 Å². The van der Waals surface area contributed by atoms with E-state index in [0.29, 0.717) is 38.3 Å². The molecule has 0 unspecified atom stereocenters. The van der Waals surface area contributed by atoms with Crippen molar-refractivity contribution in [2.24, 2.45) is 0 Å². The molecule has 3 aromatic carbocycles. The number of amides is 2. The summed E-state index contributed by atoms with van der Waals surface area (Å²) >= 11 is 0. The summed E-state index contributed by atoms with van der Waals surface area (Å²) in [6.45, 7) is 7.34. The third-order valence-electron chi connectivity index (χ3n) is 6.54. The van der Waals surface area contributed by atoms with Crippen LogP contribution in [0.15, 0.2) is 72.8 Å². The van der Waals surface area contributed by atoms with Gasteiger partial charge in [0.05, 0.1) is 0 Å². The summed E-state index contributed by atoms with van der Waals surface area (Å²) in [6.07, 6.45) is 1.27. The van der Waals surface area contributed by atoms with Gasteiger partial charge >= 0.3 is 0 Å². The van der Waals surface area contributed by atoms with Crippen LogP contribution in [0.1, 0.15) is 42.5 Å². The molecule has 0 aromatic heterocycles. The number of ether oxygens (including phenoxy) is 2. The Kier molecular flexibility index (Phi) is 8.83. The van der Waals surface area contributed by atoms with E-state index in [1.165, 1.54) is 0 Å². The Balaban J connectivity index is 1.60. The maximum atomic E-state index is 13.8. The first-order valence-electron chi connectivity index (χ1n) is 13.0. The first kappa shape index (κ1) is 26.3. The molecule has 0 saturated carbocycles. The summed E-state index contributed by atoms with van der Waals surface area (Å²) < 4.78 is 11.3. The number of fused-ring (bicyclic) bond motifs is 1. The van der Waals surface area contributed by atoms with Gasteiger partial charge in [-0.05, 0) is 61.6 Å². The molecular weight excluding hydrogens is 464 g/mol. The summed E-state index contributed by atoms with van der Waals surface area (Å²) in [5, 5.41) is 3.04. The lowest BCUT2D eigenvalue weighted by Gasteiger charge is -2.32. The number of hydrogen-bond acceptors (Lipinski definition) is 4. The van der Waals surface area contributed by atoms with Gasteiger partial charge in [0.2, 0.25) is 11.8 Å². The zero-order valence-corrected chi connectivity index (χ0v) is 21.9. The Morgan fingerprint density at radius 2 is 1.59 bits per heavy atom. The molecule has 0 spiro atoms. The molecule has 0 bridgehead atoms. The minimum atomic E-state index is -0.628. The highest BCUT2D eigenvalue weighted by Crippen LogP contribution is 2.31. The molecule has 0 fully saturated rings. The molecule has 1 heterocycles. The van der Waals surface area contributed by atoms with E-state index < -0.39 is 6.04 Å². The molecule has 6 nitrogen and oxygen atoms in total. The average molecular weight is 501 g/mol. The van der Waals surface area contributed by atoms with Gasteiger partial charge in [0.15, 0.2) is 11.5 Å². The van der Waals surface area contributed by atoms with Gasteiger partial charge in [0.25, 0.3) is 0 Å². The molecule has 3 aromatic rings. The molecule has 0 saturated heterocycles. The SMILES string of the molecule is Cc1ccccc1CN(C(=O)CCc1ccc2c(c1)OCCO2)[C@H](Cc1ccccc1)C(=O)NC(C)C. The van der Waals surface area contributed by atoms with E-state index in [4.69, 9.17) is 9.47 Å². The summed E-state index contributed by atoms with van der Waals surface area (Å²) in [5.41, 5.74) is 4.14. The minimum absolute atomic E-state index is 0.0288. The predicted molar refractivity (Wildman–Crippen MR) is 145 cm³/mol. The fourth-order valence-electron chi connectivity index (χ4n) is 4.54. The van der Waals surface area contributed by atoms with E-state index in [1.54, 1.807) is 4.90 Å². The van der Waals surface area contributed by atoms with Crippen molar-refractivity contribution >= 4 is 11.8 Å². The number of rotatable bonds is 10. The third-order valence-corrected chi connectivity index (χ3v) is 6.54. The Bertz CT molecular complexity index is 1210. The van der Waals surface area contributed by atoms with Gasteiger partial charge in [-0.3, -0.25) is 9.59 Å². The number of carbonyl (C=O) groups excluding carboxylic acids is 2. The fourth-order valence-corrected chi connectivity index (χ4v) is 4.54. The van der Waals surface area contributed by atoms with Crippen molar-refractivity contribution in [2.45, 2.75) is 58.7 Å². The zero-order valence-electron chi connectivity index (χ0n) is 21.9. The van der Waals surface area contributed by atoms with Gasteiger partial charge in [-0.25, -0.2) is 0 Å². The number of benzene rings is 3. The largest absolute Gasteiger partial charge is 0.486 e. The van der Waals surface area contributed by atoms with E-state index in [0.717, 1.165) is 28.0 Å². The quantitative estimate of drug-likeness (QED) is 0.432. The lowest BCUT2D eigenvalue weighted by molar-refractivity contribution is -0.141. The number of nitrogens with zero attached hydrogens (tertiary/aromatic N) is 1. The molecule has 1 atom stereocenters. The van der Waals surface area contributed by atoms with Crippen LogP contribution in [0.4, 0.5) is 0 Å². The minimum Gasteiger partial charge on any atom is -0.486 e. The van der Waals surface area contributed by atoms with Crippen molar-refractivity contribution in [1.82, 2.24) is 10.2 Å². The summed E-state index contributed by atoms with van der Waals surface area (Å²) in [5.74, 6) is 1.25. The second-order valence-corrected chi connectivity index (χ2v) is 9.79. The van der Waals surface area contributed by atoms with Crippen molar-refractivity contribution in [2.75, 3.05) is 13.2 Å². The number of hydrogen-bond donors (Lipinski definition) is 1. The Hall–Kier alpha value is -3.80. The molecule has 1 N–H and O–H groups in total. The number of aryl methyl sites for hydroxylation is 2. The number of nitrogens with one attached hydrogen (secondary N) is 1. The van der Waals surface area contributed by atoms with E-state index >= 15 is 0 Å². The van der Waals surface area contributed by atoms with Crippen molar-refractivity contribution in [3.8, 4) is 11.5 Å². The van der Waals surface area contributed by atoms with Crippen LogP contribution in [0.3, 0.4) is 0 Å². The fraction of sp³-hybridized carbons (Fsp3) is 0.355. The normalized spacial score (nSPS) is 13.2. The molecule has 1 aliphatic rings. The van der Waals surface area contributed by atoms with Crippen LogP contribution in [0.5, 0.6) is 11.5 Å². The monoisotopic (exact) mass is 500 g/mol. The van der Waals surface area contributed by atoms with E-state index in [9.17, 15) is 9.59 Å². The summed E-state index contributed by atoms with van der Waals surface area (Å²) in [4.78, 5) is 29.1. The first-order chi connectivity index (χ1) is 17.9. The van der Waals surface area contributed by atoms with Crippen molar-refractivity contribution in [3.05, 3.63) is 95.1 Å². The molecule has 0 radical (unpaired) electrons. The maximum absolute atomic E-state index is 13.8. The van der Waals surface area contributed by atoms with Crippen LogP contribution < -0.4 is 14.8 Å². The highest BCUT2D eigenvalue weighted by molar-refractivity contribution is 5.88. The van der Waals surface area contributed by atoms with E-state index in [-0.39, 0.29) is 24.3 Å². The molecule has 194 valence electrons. The van der Waals surface area contributed by atoms with Gasteiger partial charge < -0.3 is 19.7 Å². The number of carbonyl (C=O) groups is 2. The second-order valence-electron chi connectivity index (χ2n) is 9.79. The van der Waals surface area contributed by atoms with Gasteiger partial charge in [0, 0.05) is 25.4 Å². The van der Waals surface area contributed by atoms with Crippen LogP contribution >= 0.6 is 0 Å².